The van der Waals surface area contributed by atoms with Crippen molar-refractivity contribution in [2.75, 3.05) is 6.61 Å². The summed E-state index contributed by atoms with van der Waals surface area (Å²) in [6.07, 6.45) is -4.21. The second-order valence-electron chi connectivity index (χ2n) is 4.68. The Morgan fingerprint density at radius 2 is 2.05 bits per heavy atom. The molecule has 0 amide bonds. The number of H-pyrrole nitrogens is 1. The summed E-state index contributed by atoms with van der Waals surface area (Å²) in [5, 5.41) is 10.2. The molecule has 4 nitrogen and oxygen atoms in total. The Hall–Kier alpha value is -2.02. The van der Waals surface area contributed by atoms with Crippen molar-refractivity contribution in [2.45, 2.75) is 25.6 Å². The number of fused-ring (bicyclic) bond motifs is 1. The molecule has 2 rings (SSSR count). The van der Waals surface area contributed by atoms with Crippen LogP contribution in [0.15, 0.2) is 24.4 Å². The molecule has 0 aliphatic carbocycles. The number of carbonyl (C=O) groups is 1. The SMILES string of the molecule is CCOC(=O)[C@@](O)(c1c[nH]c2cc(C)ccc12)C(F)(F)F. The molecule has 0 fully saturated rings. The standard InChI is InChI=1S/C14H14F3NO3/c1-3-21-12(19)13(20,14(15,16)17)10-7-18-11-6-8(2)4-5-9(10)11/h4-7,18,20H,3H2,1-2H3/t13-/m0/s1. The molecule has 21 heavy (non-hydrogen) atoms. The molecule has 0 saturated carbocycles. The highest BCUT2D eigenvalue weighted by molar-refractivity contribution is 5.92. The van der Waals surface area contributed by atoms with Crippen LogP contribution in [0.3, 0.4) is 0 Å². The van der Waals surface area contributed by atoms with Gasteiger partial charge in [-0.2, -0.15) is 13.2 Å². The first kappa shape index (κ1) is 15.4. The van der Waals surface area contributed by atoms with Gasteiger partial charge in [0.1, 0.15) is 0 Å². The summed E-state index contributed by atoms with van der Waals surface area (Å²) in [4.78, 5) is 14.4. The van der Waals surface area contributed by atoms with E-state index in [1.165, 1.54) is 13.0 Å². The molecule has 1 aromatic heterocycles. The molecule has 0 aliphatic rings. The Morgan fingerprint density at radius 1 is 1.38 bits per heavy atom. The van der Waals surface area contributed by atoms with Gasteiger partial charge in [0.15, 0.2) is 0 Å². The predicted molar refractivity (Wildman–Crippen MR) is 69.6 cm³/mol. The molecule has 2 aromatic rings. The zero-order chi connectivity index (χ0) is 15.8. The van der Waals surface area contributed by atoms with E-state index in [-0.39, 0.29) is 12.0 Å². The number of aromatic amines is 1. The summed E-state index contributed by atoms with van der Waals surface area (Å²) in [6.45, 7) is 2.88. The zero-order valence-electron chi connectivity index (χ0n) is 11.4. The summed E-state index contributed by atoms with van der Waals surface area (Å²) in [6, 6.07) is 4.65. The lowest BCUT2D eigenvalue weighted by molar-refractivity contribution is -0.267. The van der Waals surface area contributed by atoms with Crippen molar-refractivity contribution in [3.05, 3.63) is 35.5 Å². The van der Waals surface area contributed by atoms with Crippen LogP contribution in [0.25, 0.3) is 10.9 Å². The maximum atomic E-state index is 13.3. The summed E-state index contributed by atoms with van der Waals surface area (Å²) < 4.78 is 44.3. The fourth-order valence-electron chi connectivity index (χ4n) is 2.15. The average Bonchev–Trinajstić information content (AvgIpc) is 2.79. The number of rotatable bonds is 3. The van der Waals surface area contributed by atoms with Crippen LogP contribution in [-0.2, 0) is 15.1 Å². The molecular weight excluding hydrogens is 287 g/mol. The van der Waals surface area contributed by atoms with Crippen molar-refractivity contribution in [3.63, 3.8) is 0 Å². The largest absolute Gasteiger partial charge is 0.463 e. The number of carbonyl (C=O) groups excluding carboxylic acids is 1. The van der Waals surface area contributed by atoms with Crippen molar-refractivity contribution in [1.29, 1.82) is 0 Å². The zero-order valence-corrected chi connectivity index (χ0v) is 11.4. The molecular formula is C14H14F3NO3. The van der Waals surface area contributed by atoms with Crippen LogP contribution >= 0.6 is 0 Å². The summed E-state index contributed by atoms with van der Waals surface area (Å²) >= 11 is 0. The van der Waals surface area contributed by atoms with Crippen LogP contribution in [0, 0.1) is 6.92 Å². The van der Waals surface area contributed by atoms with Crippen molar-refractivity contribution in [1.82, 2.24) is 4.98 Å². The number of ether oxygens (including phenoxy) is 1. The minimum atomic E-state index is -5.20. The van der Waals surface area contributed by atoms with Gasteiger partial charge in [-0.25, -0.2) is 4.79 Å². The molecule has 0 bridgehead atoms. The maximum absolute atomic E-state index is 13.3. The minimum Gasteiger partial charge on any atom is -0.463 e. The lowest BCUT2D eigenvalue weighted by Crippen LogP contribution is -2.50. The number of esters is 1. The number of aliphatic hydroxyl groups is 1. The summed E-state index contributed by atoms with van der Waals surface area (Å²) in [5.74, 6) is -1.74. The maximum Gasteiger partial charge on any atom is 0.432 e. The molecule has 7 heteroatoms. The second-order valence-corrected chi connectivity index (χ2v) is 4.68. The first-order valence-electron chi connectivity index (χ1n) is 6.26. The number of hydrogen-bond donors (Lipinski definition) is 2. The Morgan fingerprint density at radius 3 is 2.62 bits per heavy atom. The molecule has 1 aromatic carbocycles. The predicted octanol–water partition coefficient (Wildman–Crippen LogP) is 2.79. The molecule has 114 valence electrons. The topological polar surface area (TPSA) is 62.3 Å². The number of aromatic nitrogens is 1. The van der Waals surface area contributed by atoms with Gasteiger partial charge < -0.3 is 14.8 Å². The van der Waals surface area contributed by atoms with Gasteiger partial charge in [-0.3, -0.25) is 0 Å². The van der Waals surface area contributed by atoms with Gasteiger partial charge in [0.2, 0.25) is 0 Å². The van der Waals surface area contributed by atoms with E-state index in [9.17, 15) is 23.1 Å². The van der Waals surface area contributed by atoms with E-state index in [1.807, 2.05) is 0 Å². The second kappa shape index (κ2) is 5.07. The molecule has 0 saturated heterocycles. The van der Waals surface area contributed by atoms with E-state index >= 15 is 0 Å². The molecule has 1 heterocycles. The molecule has 1 atom stereocenters. The third-order valence-electron chi connectivity index (χ3n) is 3.21. The van der Waals surface area contributed by atoms with Crippen LogP contribution in [0.5, 0.6) is 0 Å². The first-order valence-corrected chi connectivity index (χ1v) is 6.26. The van der Waals surface area contributed by atoms with Crippen molar-refractivity contribution in [2.24, 2.45) is 0 Å². The highest BCUT2D eigenvalue weighted by Crippen LogP contribution is 2.42. The molecule has 0 aliphatic heterocycles. The van der Waals surface area contributed by atoms with Crippen molar-refractivity contribution in [3.8, 4) is 0 Å². The van der Waals surface area contributed by atoms with Gasteiger partial charge in [-0.15, -0.1) is 0 Å². The monoisotopic (exact) mass is 301 g/mol. The number of aryl methyl sites for hydroxylation is 1. The number of nitrogens with one attached hydrogen (secondary N) is 1. The fraction of sp³-hybridized carbons (Fsp3) is 0.357. The number of halogens is 3. The van der Waals surface area contributed by atoms with Crippen LogP contribution in [0.1, 0.15) is 18.1 Å². The van der Waals surface area contributed by atoms with Gasteiger partial charge in [-0.05, 0) is 25.5 Å². The average molecular weight is 301 g/mol. The van der Waals surface area contributed by atoms with Crippen molar-refractivity contribution >= 4 is 16.9 Å². The van der Waals surface area contributed by atoms with Crippen LogP contribution < -0.4 is 0 Å². The third-order valence-corrected chi connectivity index (χ3v) is 3.21. The van der Waals surface area contributed by atoms with Gasteiger partial charge in [0.05, 0.1) is 6.61 Å². The van der Waals surface area contributed by atoms with Crippen molar-refractivity contribution < 1.29 is 27.8 Å². The van der Waals surface area contributed by atoms with E-state index < -0.39 is 23.3 Å². The van der Waals surface area contributed by atoms with Crippen LogP contribution in [-0.4, -0.2) is 28.8 Å². The Balaban J connectivity index is 2.68. The number of alkyl halides is 3. The minimum absolute atomic E-state index is 0.119. The highest BCUT2D eigenvalue weighted by atomic mass is 19.4. The number of benzene rings is 1. The lowest BCUT2D eigenvalue weighted by Gasteiger charge is -2.27. The smallest absolute Gasteiger partial charge is 0.432 e. The highest BCUT2D eigenvalue weighted by Gasteiger charge is 2.63. The van der Waals surface area contributed by atoms with E-state index in [0.29, 0.717) is 5.52 Å². The third kappa shape index (κ3) is 2.37. The molecule has 0 radical (unpaired) electrons. The van der Waals surface area contributed by atoms with Crippen LogP contribution in [0.4, 0.5) is 13.2 Å². The van der Waals surface area contributed by atoms with E-state index in [4.69, 9.17) is 0 Å². The fourth-order valence-corrected chi connectivity index (χ4v) is 2.15. The summed E-state index contributed by atoms with van der Waals surface area (Å²) in [5.41, 5.74) is -3.03. The molecule has 0 spiro atoms. The Bertz CT molecular complexity index is 678. The quantitative estimate of drug-likeness (QED) is 0.857. The Labute approximate surface area is 118 Å². The first-order chi connectivity index (χ1) is 9.71. The lowest BCUT2D eigenvalue weighted by atomic mass is 9.92. The Kier molecular flexibility index (Phi) is 3.71. The van der Waals surface area contributed by atoms with Gasteiger partial charge in [0, 0.05) is 22.7 Å². The summed E-state index contributed by atoms with van der Waals surface area (Å²) in [7, 11) is 0. The van der Waals surface area contributed by atoms with Gasteiger partial charge in [0.25, 0.3) is 5.60 Å². The molecule has 0 unspecified atom stereocenters. The molecule has 2 N–H and O–H groups in total. The van der Waals surface area contributed by atoms with E-state index in [2.05, 4.69) is 9.72 Å². The van der Waals surface area contributed by atoms with Gasteiger partial charge >= 0.3 is 12.1 Å². The number of hydrogen-bond acceptors (Lipinski definition) is 3. The van der Waals surface area contributed by atoms with Gasteiger partial charge in [-0.1, -0.05) is 12.1 Å². The normalized spacial score (nSPS) is 15.0. The van der Waals surface area contributed by atoms with E-state index in [0.717, 1.165) is 11.8 Å². The van der Waals surface area contributed by atoms with Crippen LogP contribution in [0.2, 0.25) is 0 Å². The van der Waals surface area contributed by atoms with E-state index in [1.54, 1.807) is 19.1 Å².